The second-order valence-corrected chi connectivity index (χ2v) is 5.44. The Bertz CT molecular complexity index is 733. The van der Waals surface area contributed by atoms with Gasteiger partial charge in [-0.1, -0.05) is 0 Å². The lowest BCUT2D eigenvalue weighted by atomic mass is 10.3. The Labute approximate surface area is 136 Å². The van der Waals surface area contributed by atoms with Crippen LogP contribution in [0.1, 0.15) is 33.6 Å². The van der Waals surface area contributed by atoms with Crippen LogP contribution in [-0.4, -0.2) is 38.4 Å². The first-order valence-corrected chi connectivity index (χ1v) is 7.48. The van der Waals surface area contributed by atoms with Crippen LogP contribution in [0, 0.1) is 6.92 Å². The molecule has 0 aliphatic rings. The molecule has 8 nitrogen and oxygen atoms in total. The van der Waals surface area contributed by atoms with Crippen molar-refractivity contribution >= 4 is 33.4 Å². The highest BCUT2D eigenvalue weighted by molar-refractivity contribution is 9.10. The summed E-state index contributed by atoms with van der Waals surface area (Å²) in [4.78, 5) is 24.2. The van der Waals surface area contributed by atoms with Gasteiger partial charge in [0.2, 0.25) is 0 Å². The molecule has 0 aliphatic heterocycles. The predicted octanol–water partition coefficient (Wildman–Crippen LogP) is 1.32. The zero-order valence-corrected chi connectivity index (χ0v) is 14.4. The maximum Gasteiger partial charge on any atom is 0.277 e. The molecule has 2 amide bonds. The van der Waals surface area contributed by atoms with Crippen LogP contribution < -0.4 is 10.6 Å². The monoisotopic (exact) mass is 368 g/mol. The third-order valence-electron chi connectivity index (χ3n) is 3.25. The number of halogens is 1. The second-order valence-electron chi connectivity index (χ2n) is 4.65. The molecule has 9 heteroatoms. The van der Waals surface area contributed by atoms with Crippen LogP contribution in [0.5, 0.6) is 0 Å². The van der Waals surface area contributed by atoms with Crippen molar-refractivity contribution in [2.24, 2.45) is 7.05 Å². The molecule has 0 atom stereocenters. The van der Waals surface area contributed by atoms with Crippen molar-refractivity contribution in [2.75, 3.05) is 12.4 Å². The Hall–Kier alpha value is -2.16. The van der Waals surface area contributed by atoms with Gasteiger partial charge in [-0.05, 0) is 29.8 Å². The van der Waals surface area contributed by atoms with E-state index in [4.69, 9.17) is 0 Å². The molecule has 0 aliphatic carbocycles. The van der Waals surface area contributed by atoms with Crippen LogP contribution in [0.15, 0.2) is 10.7 Å². The van der Waals surface area contributed by atoms with Crippen molar-refractivity contribution in [1.82, 2.24) is 24.9 Å². The van der Waals surface area contributed by atoms with Crippen molar-refractivity contribution in [3.8, 4) is 0 Å². The van der Waals surface area contributed by atoms with E-state index in [1.165, 1.54) is 7.05 Å². The van der Waals surface area contributed by atoms with Crippen molar-refractivity contribution in [1.29, 1.82) is 0 Å². The number of amides is 2. The van der Waals surface area contributed by atoms with Gasteiger partial charge in [0.25, 0.3) is 11.8 Å². The maximum atomic E-state index is 12.4. The number of hydrogen-bond acceptors (Lipinski definition) is 4. The van der Waals surface area contributed by atoms with Crippen LogP contribution in [0.3, 0.4) is 0 Å². The first kappa shape index (κ1) is 16.2. The Morgan fingerprint density at radius 2 is 1.95 bits per heavy atom. The highest BCUT2D eigenvalue weighted by Gasteiger charge is 2.22. The fourth-order valence-electron chi connectivity index (χ4n) is 1.87. The molecule has 2 aromatic rings. The number of anilines is 1. The standard InChI is InChI=1S/C13H17BrN6O2/c1-5-20-6-8(10(18-20)12(21)15-3)16-13(22)11-9(14)7(2)19(4)17-11/h6H,5H2,1-4H3,(H,15,21)(H,16,22). The summed E-state index contributed by atoms with van der Waals surface area (Å²) in [6.45, 7) is 4.33. The highest BCUT2D eigenvalue weighted by Crippen LogP contribution is 2.22. The number of aromatic nitrogens is 4. The van der Waals surface area contributed by atoms with Crippen LogP contribution in [0.4, 0.5) is 5.69 Å². The summed E-state index contributed by atoms with van der Waals surface area (Å²) in [5.74, 6) is -0.768. The molecule has 2 rings (SSSR count). The van der Waals surface area contributed by atoms with Crippen molar-refractivity contribution in [3.05, 3.63) is 27.8 Å². The lowest BCUT2D eigenvalue weighted by Crippen LogP contribution is -2.22. The van der Waals surface area contributed by atoms with Gasteiger partial charge in [0.05, 0.1) is 15.9 Å². The summed E-state index contributed by atoms with van der Waals surface area (Å²) in [5, 5.41) is 13.5. The number of aryl methyl sites for hydroxylation is 2. The predicted molar refractivity (Wildman–Crippen MR) is 84.9 cm³/mol. The van der Waals surface area contributed by atoms with Gasteiger partial charge in [0, 0.05) is 26.8 Å². The van der Waals surface area contributed by atoms with E-state index in [0.29, 0.717) is 16.7 Å². The fourth-order valence-corrected chi connectivity index (χ4v) is 2.39. The molecular weight excluding hydrogens is 352 g/mol. The van der Waals surface area contributed by atoms with E-state index >= 15 is 0 Å². The minimum atomic E-state index is -0.406. The number of nitrogens with one attached hydrogen (secondary N) is 2. The first-order chi connectivity index (χ1) is 10.4. The van der Waals surface area contributed by atoms with Crippen LogP contribution in [0.25, 0.3) is 0 Å². The Balaban J connectivity index is 2.33. The molecule has 0 spiro atoms. The van der Waals surface area contributed by atoms with E-state index in [1.807, 2.05) is 13.8 Å². The van der Waals surface area contributed by atoms with Gasteiger partial charge >= 0.3 is 0 Å². The molecule has 0 saturated heterocycles. The number of rotatable bonds is 4. The number of carbonyl (C=O) groups excluding carboxylic acids is 2. The van der Waals surface area contributed by atoms with E-state index in [9.17, 15) is 9.59 Å². The molecule has 0 saturated carbocycles. The molecule has 22 heavy (non-hydrogen) atoms. The van der Waals surface area contributed by atoms with E-state index in [-0.39, 0.29) is 17.3 Å². The minimum Gasteiger partial charge on any atom is -0.354 e. The summed E-state index contributed by atoms with van der Waals surface area (Å²) in [7, 11) is 3.26. The maximum absolute atomic E-state index is 12.4. The quantitative estimate of drug-likeness (QED) is 0.850. The molecule has 0 aromatic carbocycles. The van der Waals surface area contributed by atoms with Crippen LogP contribution in [-0.2, 0) is 13.6 Å². The summed E-state index contributed by atoms with van der Waals surface area (Å²) < 4.78 is 3.81. The lowest BCUT2D eigenvalue weighted by molar-refractivity contribution is 0.0958. The molecule has 2 N–H and O–H groups in total. The largest absolute Gasteiger partial charge is 0.354 e. The number of hydrogen-bond donors (Lipinski definition) is 2. The minimum absolute atomic E-state index is 0.168. The van der Waals surface area contributed by atoms with Crippen molar-refractivity contribution in [2.45, 2.75) is 20.4 Å². The summed E-state index contributed by atoms with van der Waals surface area (Å²) in [5.41, 5.74) is 1.61. The molecule has 2 aromatic heterocycles. The van der Waals surface area contributed by atoms with Crippen LogP contribution in [0.2, 0.25) is 0 Å². The molecular formula is C13H17BrN6O2. The van der Waals surface area contributed by atoms with Crippen molar-refractivity contribution < 1.29 is 9.59 Å². The van der Waals surface area contributed by atoms with Gasteiger partial charge in [0.15, 0.2) is 11.4 Å². The van der Waals surface area contributed by atoms with E-state index in [2.05, 4.69) is 36.8 Å². The third-order valence-corrected chi connectivity index (χ3v) is 4.20. The Morgan fingerprint density at radius 1 is 1.27 bits per heavy atom. The highest BCUT2D eigenvalue weighted by atomic mass is 79.9. The normalized spacial score (nSPS) is 10.6. The van der Waals surface area contributed by atoms with E-state index in [0.717, 1.165) is 5.69 Å². The third kappa shape index (κ3) is 2.89. The van der Waals surface area contributed by atoms with Gasteiger partial charge in [-0.2, -0.15) is 10.2 Å². The van der Waals surface area contributed by atoms with Gasteiger partial charge in [0.1, 0.15) is 0 Å². The number of carbonyl (C=O) groups is 2. The molecule has 0 fully saturated rings. The first-order valence-electron chi connectivity index (χ1n) is 6.69. The van der Waals surface area contributed by atoms with Gasteiger partial charge in [-0.15, -0.1) is 0 Å². The Morgan fingerprint density at radius 3 is 2.45 bits per heavy atom. The summed E-state index contributed by atoms with van der Waals surface area (Å²) in [6, 6.07) is 0. The average molecular weight is 369 g/mol. The van der Waals surface area contributed by atoms with E-state index in [1.54, 1.807) is 22.6 Å². The zero-order chi connectivity index (χ0) is 16.4. The summed E-state index contributed by atoms with van der Waals surface area (Å²) >= 11 is 3.35. The Kier molecular flexibility index (Phi) is 4.65. The molecule has 2 heterocycles. The zero-order valence-electron chi connectivity index (χ0n) is 12.8. The second kappa shape index (κ2) is 6.30. The van der Waals surface area contributed by atoms with Crippen LogP contribution >= 0.6 is 15.9 Å². The van der Waals surface area contributed by atoms with Crippen molar-refractivity contribution in [3.63, 3.8) is 0 Å². The smallest absolute Gasteiger partial charge is 0.277 e. The number of nitrogens with zero attached hydrogens (tertiary/aromatic N) is 4. The average Bonchev–Trinajstić information content (AvgIpc) is 3.02. The molecule has 0 radical (unpaired) electrons. The van der Waals surface area contributed by atoms with Gasteiger partial charge in [-0.25, -0.2) is 0 Å². The molecule has 118 valence electrons. The van der Waals surface area contributed by atoms with Gasteiger partial charge < -0.3 is 10.6 Å². The lowest BCUT2D eigenvalue weighted by Gasteiger charge is -2.03. The topological polar surface area (TPSA) is 93.8 Å². The fraction of sp³-hybridized carbons (Fsp3) is 0.385. The molecule has 0 bridgehead atoms. The van der Waals surface area contributed by atoms with Gasteiger partial charge in [-0.3, -0.25) is 19.0 Å². The SMILES string of the molecule is CCn1cc(NC(=O)c2nn(C)c(C)c2Br)c(C(=O)NC)n1. The summed E-state index contributed by atoms with van der Waals surface area (Å²) in [6.07, 6.45) is 1.62. The van der Waals surface area contributed by atoms with E-state index < -0.39 is 5.91 Å². The molecule has 0 unspecified atom stereocenters.